The number of nitrogens with two attached hydrogens (primary N) is 5. The summed E-state index contributed by atoms with van der Waals surface area (Å²) >= 11 is 0. The van der Waals surface area contributed by atoms with Crippen molar-refractivity contribution in [1.29, 1.82) is 0 Å². The van der Waals surface area contributed by atoms with Crippen molar-refractivity contribution in [3.63, 3.8) is 0 Å². The molecule has 2 heterocycles. The highest BCUT2D eigenvalue weighted by molar-refractivity contribution is 5.01. The van der Waals surface area contributed by atoms with Gasteiger partial charge in [0.25, 0.3) is 0 Å². The van der Waals surface area contributed by atoms with Gasteiger partial charge in [-0.1, -0.05) is 0 Å². The lowest BCUT2D eigenvalue weighted by Crippen LogP contribution is -2.69. The number of aliphatic hydroxyl groups excluding tert-OH is 5. The second-order valence-corrected chi connectivity index (χ2v) is 8.86. The third-order valence-corrected chi connectivity index (χ3v) is 6.54. The zero-order chi connectivity index (χ0) is 23.9. The lowest BCUT2D eigenvalue weighted by molar-refractivity contribution is -0.328. The molecule has 1 aliphatic carbocycles. The molecular formula is C18H37N5O9. The average Bonchev–Trinajstić information content (AvgIpc) is 2.76. The van der Waals surface area contributed by atoms with Crippen LogP contribution in [0.25, 0.3) is 0 Å². The monoisotopic (exact) mass is 467 g/mol. The first kappa shape index (κ1) is 26.1. The molecule has 0 aromatic rings. The summed E-state index contributed by atoms with van der Waals surface area (Å²) in [6.45, 7) is 1.50. The average molecular weight is 468 g/mol. The van der Waals surface area contributed by atoms with E-state index in [2.05, 4.69) is 0 Å². The van der Waals surface area contributed by atoms with Crippen LogP contribution in [0.4, 0.5) is 0 Å². The lowest BCUT2D eigenvalue weighted by atomic mass is 9.84. The molecule has 0 unspecified atom stereocenters. The van der Waals surface area contributed by atoms with Gasteiger partial charge in [0, 0.05) is 18.6 Å². The fourth-order valence-electron chi connectivity index (χ4n) is 4.35. The Morgan fingerprint density at radius 1 is 0.719 bits per heavy atom. The van der Waals surface area contributed by atoms with Gasteiger partial charge in [-0.25, -0.2) is 0 Å². The maximum Gasteiger partial charge on any atom is 0.187 e. The molecule has 14 heteroatoms. The lowest BCUT2D eigenvalue weighted by Gasteiger charge is -2.48. The smallest absolute Gasteiger partial charge is 0.187 e. The Balaban J connectivity index is 1.79. The Hall–Kier alpha value is -0.560. The summed E-state index contributed by atoms with van der Waals surface area (Å²) in [5, 5.41) is 51.6. The Labute approximate surface area is 185 Å². The van der Waals surface area contributed by atoms with Crippen molar-refractivity contribution < 1.29 is 44.5 Å². The van der Waals surface area contributed by atoms with E-state index in [1.165, 1.54) is 0 Å². The molecule has 2 aliphatic heterocycles. The molecule has 32 heavy (non-hydrogen) atoms. The summed E-state index contributed by atoms with van der Waals surface area (Å²) in [6.07, 6.45) is -13.1. The maximum atomic E-state index is 10.7. The molecule has 0 aromatic carbocycles. The quantitative estimate of drug-likeness (QED) is 0.180. The minimum absolute atomic E-state index is 0.104. The highest BCUT2D eigenvalue weighted by atomic mass is 16.7. The third-order valence-electron chi connectivity index (χ3n) is 6.54. The molecule has 188 valence electrons. The van der Waals surface area contributed by atoms with E-state index in [1.807, 2.05) is 0 Å². The van der Waals surface area contributed by atoms with Gasteiger partial charge < -0.3 is 73.1 Å². The van der Waals surface area contributed by atoms with Crippen molar-refractivity contribution in [2.24, 2.45) is 28.7 Å². The van der Waals surface area contributed by atoms with Gasteiger partial charge in [-0.2, -0.15) is 0 Å². The summed E-state index contributed by atoms with van der Waals surface area (Å²) in [4.78, 5) is 0. The van der Waals surface area contributed by atoms with Gasteiger partial charge in [0.1, 0.15) is 42.7 Å². The summed E-state index contributed by atoms with van der Waals surface area (Å²) in [5.41, 5.74) is 29.6. The van der Waals surface area contributed by atoms with Gasteiger partial charge in [0.15, 0.2) is 12.6 Å². The Kier molecular flexibility index (Phi) is 8.44. The standard InChI is InChI=1S/C18H37N5O9/c1-4-8(22)12(26)14(28)18(29-4)32-16-10(24)5(20)2-6(21)15(16)31-17-9(23)13(27)11(25)7(3-19)30-17/h4-18,24-28H,2-3,19-23H2,1H3/t4-,5-,6+,7-,8-,9-,10+,11-,12+,13-,14-,15-,16-,17-,18+/m1/s1. The van der Waals surface area contributed by atoms with Crippen LogP contribution in [-0.2, 0) is 18.9 Å². The summed E-state index contributed by atoms with van der Waals surface area (Å²) in [6, 6.07) is -3.51. The second-order valence-electron chi connectivity index (χ2n) is 8.86. The highest BCUT2D eigenvalue weighted by Crippen LogP contribution is 2.31. The molecule has 0 aromatic heterocycles. The fourth-order valence-corrected chi connectivity index (χ4v) is 4.35. The molecule has 2 saturated heterocycles. The van der Waals surface area contributed by atoms with Crippen molar-refractivity contribution in [2.75, 3.05) is 6.54 Å². The van der Waals surface area contributed by atoms with Gasteiger partial charge in [-0.05, 0) is 13.3 Å². The van der Waals surface area contributed by atoms with Crippen LogP contribution in [0.2, 0.25) is 0 Å². The van der Waals surface area contributed by atoms with E-state index in [0.29, 0.717) is 0 Å². The largest absolute Gasteiger partial charge is 0.389 e. The molecule has 0 radical (unpaired) electrons. The molecule has 1 saturated carbocycles. The van der Waals surface area contributed by atoms with Gasteiger partial charge in [-0.3, -0.25) is 0 Å². The van der Waals surface area contributed by atoms with E-state index in [4.69, 9.17) is 47.6 Å². The summed E-state index contributed by atoms with van der Waals surface area (Å²) in [7, 11) is 0. The van der Waals surface area contributed by atoms with Crippen LogP contribution >= 0.6 is 0 Å². The first-order chi connectivity index (χ1) is 15.0. The molecule has 0 bridgehead atoms. The Morgan fingerprint density at radius 2 is 1.31 bits per heavy atom. The third kappa shape index (κ3) is 4.94. The zero-order valence-electron chi connectivity index (χ0n) is 17.8. The van der Waals surface area contributed by atoms with Crippen molar-refractivity contribution in [3.8, 4) is 0 Å². The van der Waals surface area contributed by atoms with Crippen LogP contribution in [0.5, 0.6) is 0 Å². The highest BCUT2D eigenvalue weighted by Gasteiger charge is 2.51. The van der Waals surface area contributed by atoms with Crippen molar-refractivity contribution in [3.05, 3.63) is 0 Å². The molecule has 0 amide bonds. The Bertz CT molecular complexity index is 621. The number of hydrogen-bond donors (Lipinski definition) is 10. The SMILES string of the molecule is C[C@H]1O[C@@H](O[C@@H]2[C@@H](O)[C@H](N)C[C@H](N)[C@H]2O[C@H]2O[C@H](CN)[C@@H](O)[C@H](O)[C@H]2N)[C@H](O)[C@@H](O)[C@@H]1N. The van der Waals surface area contributed by atoms with E-state index in [0.717, 1.165) is 0 Å². The van der Waals surface area contributed by atoms with E-state index in [-0.39, 0.29) is 13.0 Å². The maximum absolute atomic E-state index is 10.7. The number of rotatable bonds is 5. The van der Waals surface area contributed by atoms with Gasteiger partial charge >= 0.3 is 0 Å². The molecule has 3 rings (SSSR count). The molecule has 15 atom stereocenters. The Morgan fingerprint density at radius 3 is 1.94 bits per heavy atom. The molecule has 3 aliphatic rings. The molecule has 3 fully saturated rings. The predicted octanol–water partition coefficient (Wildman–Crippen LogP) is -6.30. The topological polar surface area (TPSA) is 268 Å². The van der Waals surface area contributed by atoms with Crippen LogP contribution in [0.1, 0.15) is 13.3 Å². The van der Waals surface area contributed by atoms with Gasteiger partial charge in [0.2, 0.25) is 0 Å². The summed E-state index contributed by atoms with van der Waals surface area (Å²) in [5.74, 6) is 0. The molecule has 0 spiro atoms. The van der Waals surface area contributed by atoms with Crippen LogP contribution in [0, 0.1) is 0 Å². The number of hydrogen-bond acceptors (Lipinski definition) is 14. The first-order valence-electron chi connectivity index (χ1n) is 10.7. The first-order valence-corrected chi connectivity index (χ1v) is 10.7. The van der Waals surface area contributed by atoms with Crippen molar-refractivity contribution >= 4 is 0 Å². The predicted molar refractivity (Wildman–Crippen MR) is 108 cm³/mol. The van der Waals surface area contributed by atoms with Crippen LogP contribution < -0.4 is 28.7 Å². The van der Waals surface area contributed by atoms with E-state index < -0.39 is 91.7 Å². The number of ether oxygens (including phenoxy) is 4. The number of aliphatic hydroxyl groups is 5. The van der Waals surface area contributed by atoms with Crippen molar-refractivity contribution in [1.82, 2.24) is 0 Å². The zero-order valence-corrected chi connectivity index (χ0v) is 17.8. The second kappa shape index (κ2) is 10.4. The van der Waals surface area contributed by atoms with E-state index in [9.17, 15) is 25.5 Å². The van der Waals surface area contributed by atoms with Crippen molar-refractivity contribution in [2.45, 2.75) is 105 Å². The minimum atomic E-state index is -1.50. The molecule has 15 N–H and O–H groups in total. The van der Waals surface area contributed by atoms with Gasteiger partial charge in [-0.15, -0.1) is 0 Å². The van der Waals surface area contributed by atoms with E-state index >= 15 is 0 Å². The van der Waals surface area contributed by atoms with Crippen LogP contribution in [0.3, 0.4) is 0 Å². The van der Waals surface area contributed by atoms with E-state index in [1.54, 1.807) is 6.92 Å². The minimum Gasteiger partial charge on any atom is -0.389 e. The normalized spacial score (nSPS) is 55.0. The fraction of sp³-hybridized carbons (Fsp3) is 1.00. The summed E-state index contributed by atoms with van der Waals surface area (Å²) < 4.78 is 22.9. The van der Waals surface area contributed by atoms with Gasteiger partial charge in [0.05, 0.1) is 24.3 Å². The molecular weight excluding hydrogens is 430 g/mol. The molecule has 14 nitrogen and oxygen atoms in total. The van der Waals surface area contributed by atoms with Crippen LogP contribution in [-0.4, -0.2) is 124 Å². The van der Waals surface area contributed by atoms with Crippen LogP contribution in [0.15, 0.2) is 0 Å².